The van der Waals surface area contributed by atoms with Crippen LogP contribution in [0.1, 0.15) is 11.6 Å². The number of hydrogen-bond donors (Lipinski definition) is 1. The fraction of sp³-hybridized carbons (Fsp3) is 0.500. The molecular weight excluding hydrogens is 266 g/mol. The third-order valence-electron chi connectivity index (χ3n) is 4.10. The molecule has 2 N–H and O–H groups in total. The van der Waals surface area contributed by atoms with Crippen LogP contribution in [0.4, 0.5) is 5.82 Å². The van der Waals surface area contributed by atoms with Crippen LogP contribution in [0.2, 0.25) is 0 Å². The van der Waals surface area contributed by atoms with Crippen LogP contribution < -0.4 is 5.73 Å². The molecule has 7 heteroatoms. The molecule has 1 aliphatic heterocycles. The molecule has 2 atom stereocenters. The Balaban J connectivity index is 1.76. The molecule has 7 nitrogen and oxygen atoms in total. The zero-order valence-corrected chi connectivity index (χ0v) is 12.4. The molecule has 21 heavy (non-hydrogen) atoms. The second-order valence-corrected chi connectivity index (χ2v) is 5.72. The number of likely N-dealkylation sites (N-methyl/N-ethyl adjacent to an activating group) is 1. The molecule has 2 aromatic heterocycles. The largest absolute Gasteiger partial charge is 0.383 e. The summed E-state index contributed by atoms with van der Waals surface area (Å²) < 4.78 is 1.96. The first-order chi connectivity index (χ1) is 10.1. The molecule has 0 unspecified atom stereocenters. The fourth-order valence-corrected chi connectivity index (χ4v) is 2.96. The van der Waals surface area contributed by atoms with E-state index in [-0.39, 0.29) is 0 Å². The van der Waals surface area contributed by atoms with Crippen LogP contribution in [0.15, 0.2) is 30.7 Å². The van der Waals surface area contributed by atoms with E-state index in [1.54, 1.807) is 12.4 Å². The molecule has 0 spiro atoms. The summed E-state index contributed by atoms with van der Waals surface area (Å²) in [6.45, 7) is 2.72. The van der Waals surface area contributed by atoms with Gasteiger partial charge >= 0.3 is 0 Å². The minimum absolute atomic E-state index is 0.306. The molecule has 0 aromatic carbocycles. The van der Waals surface area contributed by atoms with E-state index in [0.717, 1.165) is 25.2 Å². The number of rotatable bonds is 4. The molecule has 0 radical (unpaired) electrons. The first-order valence-corrected chi connectivity index (χ1v) is 7.09. The van der Waals surface area contributed by atoms with Gasteiger partial charge in [0.15, 0.2) is 0 Å². The molecule has 0 aliphatic carbocycles. The van der Waals surface area contributed by atoms with Crippen LogP contribution >= 0.6 is 0 Å². The lowest BCUT2D eigenvalue weighted by molar-refractivity contribution is 0.237. The molecule has 112 valence electrons. The third-order valence-corrected chi connectivity index (χ3v) is 4.10. The Morgan fingerprint density at radius 2 is 2.19 bits per heavy atom. The van der Waals surface area contributed by atoms with Gasteiger partial charge < -0.3 is 10.6 Å². The number of nitrogen functional groups attached to an aromatic ring is 1. The van der Waals surface area contributed by atoms with Crippen molar-refractivity contribution in [3.8, 4) is 0 Å². The number of nitrogens with two attached hydrogens (primary N) is 1. The third kappa shape index (κ3) is 2.88. The van der Waals surface area contributed by atoms with Crippen molar-refractivity contribution in [1.29, 1.82) is 0 Å². The second-order valence-electron chi connectivity index (χ2n) is 5.72. The highest BCUT2D eigenvalue weighted by Gasteiger charge is 2.35. The van der Waals surface area contributed by atoms with Crippen LogP contribution in [0, 0.1) is 0 Å². The van der Waals surface area contributed by atoms with Crippen LogP contribution in [-0.4, -0.2) is 63.0 Å². The molecule has 0 saturated carbocycles. The summed E-state index contributed by atoms with van der Waals surface area (Å²) in [5.41, 5.74) is 7.02. The summed E-state index contributed by atoms with van der Waals surface area (Å²) in [6.07, 6.45) is 5.39. The predicted molar refractivity (Wildman–Crippen MR) is 80.5 cm³/mol. The van der Waals surface area contributed by atoms with E-state index in [4.69, 9.17) is 5.73 Å². The van der Waals surface area contributed by atoms with E-state index in [2.05, 4.69) is 39.2 Å². The van der Waals surface area contributed by atoms with Gasteiger partial charge in [0.1, 0.15) is 5.82 Å². The van der Waals surface area contributed by atoms with Crippen molar-refractivity contribution in [3.05, 3.63) is 36.3 Å². The van der Waals surface area contributed by atoms with Crippen LogP contribution in [0.25, 0.3) is 0 Å². The average Bonchev–Trinajstić information content (AvgIpc) is 3.10. The summed E-state index contributed by atoms with van der Waals surface area (Å²) in [5.74, 6) is 0.614. The van der Waals surface area contributed by atoms with E-state index >= 15 is 0 Å². The molecular formula is C14H21N7. The van der Waals surface area contributed by atoms with Crippen molar-refractivity contribution in [2.75, 3.05) is 32.9 Å². The highest BCUT2D eigenvalue weighted by Crippen LogP contribution is 2.26. The van der Waals surface area contributed by atoms with E-state index in [1.807, 2.05) is 23.0 Å². The predicted octanol–water partition coefficient (Wildman–Crippen LogP) is 0.242. The Kier molecular flexibility index (Phi) is 3.85. The molecule has 0 amide bonds. The molecule has 2 aromatic rings. The highest BCUT2D eigenvalue weighted by molar-refractivity contribution is 5.38. The number of hydrogen-bond acceptors (Lipinski definition) is 6. The molecule has 0 bridgehead atoms. The minimum atomic E-state index is 0.306. The average molecular weight is 287 g/mol. The van der Waals surface area contributed by atoms with Gasteiger partial charge in [-0.3, -0.25) is 4.90 Å². The molecule has 1 fully saturated rings. The maximum absolute atomic E-state index is 5.95. The number of nitrogens with zero attached hydrogens (tertiary/aromatic N) is 6. The lowest BCUT2D eigenvalue weighted by atomic mass is 10.1. The zero-order chi connectivity index (χ0) is 14.8. The lowest BCUT2D eigenvalue weighted by Crippen LogP contribution is -2.36. The van der Waals surface area contributed by atoms with Crippen LogP contribution in [0.3, 0.4) is 0 Å². The Morgan fingerprint density at radius 1 is 1.33 bits per heavy atom. The van der Waals surface area contributed by atoms with Crippen molar-refractivity contribution in [2.24, 2.45) is 0 Å². The van der Waals surface area contributed by atoms with E-state index < -0.39 is 0 Å². The summed E-state index contributed by atoms with van der Waals surface area (Å²) in [4.78, 5) is 8.80. The smallest absolute Gasteiger partial charge is 0.127 e. The minimum Gasteiger partial charge on any atom is -0.383 e. The summed E-state index contributed by atoms with van der Waals surface area (Å²) in [6, 6.07) is 4.68. The Bertz CT molecular complexity index is 581. The summed E-state index contributed by atoms with van der Waals surface area (Å²) in [5, 5.41) is 8.10. The fourth-order valence-electron chi connectivity index (χ4n) is 2.96. The summed E-state index contributed by atoms with van der Waals surface area (Å²) >= 11 is 0. The summed E-state index contributed by atoms with van der Waals surface area (Å²) in [7, 11) is 4.22. The number of pyridine rings is 1. The Hall–Kier alpha value is -1.99. The number of likely N-dealkylation sites (tertiary alicyclic amines) is 1. The number of anilines is 1. The molecule has 3 heterocycles. The van der Waals surface area contributed by atoms with Crippen molar-refractivity contribution in [1.82, 2.24) is 29.8 Å². The zero-order valence-electron chi connectivity index (χ0n) is 12.4. The van der Waals surface area contributed by atoms with Gasteiger partial charge in [0.2, 0.25) is 0 Å². The normalized spacial score (nSPS) is 23.0. The topological polar surface area (TPSA) is 76.1 Å². The SMILES string of the molecule is CN(C)[C@@H]1CN(Cc2cccnc2N)C[C@@H]1n1ccnn1. The first kappa shape index (κ1) is 14.0. The van der Waals surface area contributed by atoms with E-state index in [1.165, 1.54) is 0 Å². The van der Waals surface area contributed by atoms with Gasteiger partial charge in [-0.2, -0.15) is 0 Å². The maximum atomic E-state index is 5.95. The van der Waals surface area contributed by atoms with Crippen molar-refractivity contribution in [3.63, 3.8) is 0 Å². The van der Waals surface area contributed by atoms with Gasteiger partial charge in [-0.25, -0.2) is 9.67 Å². The molecule has 3 rings (SSSR count). The standard InChI is InChI=1S/C14H21N7/c1-19(2)12-9-20(8-11-4-3-5-16-14(11)15)10-13(12)21-7-6-17-18-21/h3-7,12-13H,8-10H2,1-2H3,(H2,15,16)/t12-,13+/m1/s1. The molecule has 1 aliphatic rings. The molecule has 1 saturated heterocycles. The van der Waals surface area contributed by atoms with Crippen molar-refractivity contribution in [2.45, 2.75) is 18.6 Å². The van der Waals surface area contributed by atoms with Gasteiger partial charge in [-0.15, -0.1) is 5.10 Å². The Morgan fingerprint density at radius 3 is 2.86 bits per heavy atom. The van der Waals surface area contributed by atoms with Gasteiger partial charge in [-0.1, -0.05) is 11.3 Å². The van der Waals surface area contributed by atoms with Gasteiger partial charge in [0.05, 0.1) is 12.2 Å². The first-order valence-electron chi connectivity index (χ1n) is 7.09. The Labute approximate surface area is 124 Å². The quantitative estimate of drug-likeness (QED) is 0.868. The van der Waals surface area contributed by atoms with Gasteiger partial charge in [0.25, 0.3) is 0 Å². The van der Waals surface area contributed by atoms with Gasteiger partial charge in [0, 0.05) is 43.6 Å². The highest BCUT2D eigenvalue weighted by atomic mass is 15.5. The maximum Gasteiger partial charge on any atom is 0.127 e. The monoisotopic (exact) mass is 287 g/mol. The van der Waals surface area contributed by atoms with E-state index in [0.29, 0.717) is 17.9 Å². The van der Waals surface area contributed by atoms with Crippen molar-refractivity contribution < 1.29 is 0 Å². The van der Waals surface area contributed by atoms with Crippen LogP contribution in [-0.2, 0) is 6.54 Å². The lowest BCUT2D eigenvalue weighted by Gasteiger charge is -2.24. The van der Waals surface area contributed by atoms with Gasteiger partial charge in [-0.05, 0) is 20.2 Å². The van der Waals surface area contributed by atoms with Crippen LogP contribution in [0.5, 0.6) is 0 Å². The van der Waals surface area contributed by atoms with E-state index in [9.17, 15) is 0 Å². The number of aromatic nitrogens is 4. The van der Waals surface area contributed by atoms with Crippen molar-refractivity contribution >= 4 is 5.82 Å². The second kappa shape index (κ2) is 5.79.